The highest BCUT2D eigenvalue weighted by molar-refractivity contribution is 5.81. The van der Waals surface area contributed by atoms with Crippen LogP contribution in [0, 0.1) is 29.3 Å². The van der Waals surface area contributed by atoms with Gasteiger partial charge in [-0.1, -0.05) is 6.58 Å². The summed E-state index contributed by atoms with van der Waals surface area (Å²) in [7, 11) is 0. The molecule has 4 nitrogen and oxygen atoms in total. The lowest BCUT2D eigenvalue weighted by Crippen LogP contribution is -2.29. The first-order chi connectivity index (χ1) is 14.9. The number of ether oxygens (including phenoxy) is 2. The number of esters is 2. The molecule has 0 N–H and O–H groups in total. The van der Waals surface area contributed by atoms with E-state index in [2.05, 4.69) is 6.58 Å². The molecule has 0 spiro atoms. The van der Waals surface area contributed by atoms with Gasteiger partial charge in [-0.3, -0.25) is 4.79 Å². The second-order valence-electron chi connectivity index (χ2n) is 8.56. The lowest BCUT2D eigenvalue weighted by atomic mass is 9.69. The SMILES string of the molecule is C=CC(=O)OCCC(=O)OC1CCC(C2CCC(c3cc(F)c(F)c(F)c3)CC2)CC1. The number of carbonyl (C=O) groups is 2. The summed E-state index contributed by atoms with van der Waals surface area (Å²) in [4.78, 5) is 22.9. The first-order valence-corrected chi connectivity index (χ1v) is 11.0. The first-order valence-electron chi connectivity index (χ1n) is 11.0. The summed E-state index contributed by atoms with van der Waals surface area (Å²) in [5, 5.41) is 0. The molecule has 0 bridgehead atoms. The van der Waals surface area contributed by atoms with Crippen LogP contribution >= 0.6 is 0 Å². The number of halogens is 3. The van der Waals surface area contributed by atoms with Gasteiger partial charge in [0.2, 0.25) is 0 Å². The highest BCUT2D eigenvalue weighted by atomic mass is 19.2. The van der Waals surface area contributed by atoms with Crippen LogP contribution in [-0.4, -0.2) is 24.6 Å². The summed E-state index contributed by atoms with van der Waals surface area (Å²) in [5.41, 5.74) is 0.546. The Labute approximate surface area is 180 Å². The zero-order chi connectivity index (χ0) is 22.4. The van der Waals surface area contributed by atoms with Crippen molar-refractivity contribution < 1.29 is 32.2 Å². The van der Waals surface area contributed by atoms with Crippen molar-refractivity contribution in [1.82, 2.24) is 0 Å². The van der Waals surface area contributed by atoms with Gasteiger partial charge in [0.05, 0.1) is 6.42 Å². The van der Waals surface area contributed by atoms with Crippen LogP contribution in [0.4, 0.5) is 13.2 Å². The average Bonchev–Trinajstić information content (AvgIpc) is 2.77. The van der Waals surface area contributed by atoms with Crippen molar-refractivity contribution in [3.63, 3.8) is 0 Å². The fourth-order valence-electron chi connectivity index (χ4n) is 4.95. The lowest BCUT2D eigenvalue weighted by Gasteiger charge is -2.37. The van der Waals surface area contributed by atoms with E-state index in [0.717, 1.165) is 69.6 Å². The monoisotopic (exact) mass is 438 g/mol. The highest BCUT2D eigenvalue weighted by Crippen LogP contribution is 2.43. The van der Waals surface area contributed by atoms with Gasteiger partial charge < -0.3 is 9.47 Å². The van der Waals surface area contributed by atoms with Crippen LogP contribution in [0.2, 0.25) is 0 Å². The minimum absolute atomic E-state index is 0.00979. The molecule has 2 aliphatic carbocycles. The Bertz CT molecular complexity index is 771. The molecule has 0 saturated heterocycles. The number of hydrogen-bond acceptors (Lipinski definition) is 4. The van der Waals surface area contributed by atoms with Crippen molar-refractivity contribution in [3.05, 3.63) is 47.8 Å². The molecule has 7 heteroatoms. The summed E-state index contributed by atoms with van der Waals surface area (Å²) in [6, 6.07) is 2.25. The molecule has 0 unspecified atom stereocenters. The van der Waals surface area contributed by atoms with Crippen LogP contribution in [0.1, 0.15) is 69.3 Å². The Hall–Kier alpha value is -2.31. The highest BCUT2D eigenvalue weighted by Gasteiger charge is 2.32. The molecule has 170 valence electrons. The second-order valence-corrected chi connectivity index (χ2v) is 8.56. The Balaban J connectivity index is 1.39. The summed E-state index contributed by atoms with van der Waals surface area (Å²) >= 11 is 0. The molecule has 0 heterocycles. The molecule has 1 aromatic carbocycles. The molecule has 1 aromatic rings. The van der Waals surface area contributed by atoms with Gasteiger partial charge in [-0.15, -0.1) is 0 Å². The molecular weight excluding hydrogens is 409 g/mol. The third-order valence-electron chi connectivity index (χ3n) is 6.65. The quantitative estimate of drug-likeness (QED) is 0.316. The number of rotatable bonds is 7. The van der Waals surface area contributed by atoms with Gasteiger partial charge >= 0.3 is 11.9 Å². The van der Waals surface area contributed by atoms with Crippen molar-refractivity contribution in [2.24, 2.45) is 11.8 Å². The molecule has 2 aliphatic rings. The molecule has 2 saturated carbocycles. The third-order valence-corrected chi connectivity index (χ3v) is 6.65. The fraction of sp³-hybridized carbons (Fsp3) is 0.583. The first kappa shape index (κ1) is 23.4. The minimum atomic E-state index is -1.41. The van der Waals surface area contributed by atoms with Crippen LogP contribution in [-0.2, 0) is 19.1 Å². The number of hydrogen-bond donors (Lipinski definition) is 0. The van der Waals surface area contributed by atoms with Crippen LogP contribution in [0.15, 0.2) is 24.8 Å². The van der Waals surface area contributed by atoms with Crippen molar-refractivity contribution in [3.8, 4) is 0 Å². The maximum absolute atomic E-state index is 13.5. The Kier molecular flexibility index (Phi) is 8.15. The summed E-state index contributed by atoms with van der Waals surface area (Å²) in [5.74, 6) is -3.39. The van der Waals surface area contributed by atoms with E-state index in [0.29, 0.717) is 17.4 Å². The summed E-state index contributed by atoms with van der Waals surface area (Å²) in [6.07, 6.45) is 8.24. The maximum Gasteiger partial charge on any atom is 0.330 e. The van der Waals surface area contributed by atoms with E-state index in [9.17, 15) is 22.8 Å². The van der Waals surface area contributed by atoms with E-state index < -0.39 is 23.4 Å². The van der Waals surface area contributed by atoms with Crippen molar-refractivity contribution in [1.29, 1.82) is 0 Å². The average molecular weight is 438 g/mol. The number of carbonyl (C=O) groups excluding carboxylic acids is 2. The predicted molar refractivity (Wildman–Crippen MR) is 109 cm³/mol. The fourth-order valence-corrected chi connectivity index (χ4v) is 4.95. The summed E-state index contributed by atoms with van der Waals surface area (Å²) < 4.78 is 50.5. The van der Waals surface area contributed by atoms with E-state index in [-0.39, 0.29) is 31.0 Å². The van der Waals surface area contributed by atoms with Gasteiger partial charge in [-0.05, 0) is 86.8 Å². The van der Waals surface area contributed by atoms with E-state index >= 15 is 0 Å². The van der Waals surface area contributed by atoms with Gasteiger partial charge in [0.1, 0.15) is 12.7 Å². The second kappa shape index (κ2) is 10.8. The molecule has 2 fully saturated rings. The van der Waals surface area contributed by atoms with Crippen LogP contribution < -0.4 is 0 Å². The van der Waals surface area contributed by atoms with E-state index in [4.69, 9.17) is 9.47 Å². The molecule has 0 amide bonds. The van der Waals surface area contributed by atoms with Crippen LogP contribution in [0.5, 0.6) is 0 Å². The van der Waals surface area contributed by atoms with Gasteiger partial charge in [0, 0.05) is 6.08 Å². The summed E-state index contributed by atoms with van der Waals surface area (Å²) in [6.45, 7) is 3.28. The zero-order valence-electron chi connectivity index (χ0n) is 17.6. The lowest BCUT2D eigenvalue weighted by molar-refractivity contribution is -0.153. The Morgan fingerprint density at radius 2 is 1.48 bits per heavy atom. The zero-order valence-corrected chi connectivity index (χ0v) is 17.6. The van der Waals surface area contributed by atoms with Crippen LogP contribution in [0.3, 0.4) is 0 Å². The van der Waals surface area contributed by atoms with Gasteiger partial charge in [-0.25, -0.2) is 18.0 Å². The molecule has 0 aromatic heterocycles. The Morgan fingerprint density at radius 1 is 0.935 bits per heavy atom. The van der Waals surface area contributed by atoms with Gasteiger partial charge in [-0.2, -0.15) is 0 Å². The van der Waals surface area contributed by atoms with E-state index in [1.54, 1.807) is 0 Å². The van der Waals surface area contributed by atoms with Crippen molar-refractivity contribution in [2.45, 2.75) is 69.8 Å². The molecular formula is C24H29F3O4. The van der Waals surface area contributed by atoms with E-state index in [1.165, 1.54) is 0 Å². The largest absolute Gasteiger partial charge is 0.462 e. The van der Waals surface area contributed by atoms with E-state index in [1.807, 2.05) is 0 Å². The van der Waals surface area contributed by atoms with Crippen molar-refractivity contribution in [2.75, 3.05) is 6.61 Å². The third kappa shape index (κ3) is 6.34. The molecule has 0 aliphatic heterocycles. The molecule has 0 atom stereocenters. The molecule has 3 rings (SSSR count). The van der Waals surface area contributed by atoms with Gasteiger partial charge in [0.15, 0.2) is 17.5 Å². The normalized spacial score (nSPS) is 26.2. The standard InChI is InChI=1S/C24H29F3O4/c1-2-22(28)30-12-11-23(29)31-19-9-7-16(8-10-19)15-3-5-17(6-4-15)18-13-20(25)24(27)21(26)14-18/h2,13-17,19H,1,3-12H2. The van der Waals surface area contributed by atoms with Crippen LogP contribution in [0.25, 0.3) is 0 Å². The Morgan fingerprint density at radius 3 is 2.03 bits per heavy atom. The van der Waals surface area contributed by atoms with Gasteiger partial charge in [0.25, 0.3) is 0 Å². The topological polar surface area (TPSA) is 52.6 Å². The molecule has 31 heavy (non-hydrogen) atoms. The maximum atomic E-state index is 13.5. The number of benzene rings is 1. The van der Waals surface area contributed by atoms with Crippen molar-refractivity contribution >= 4 is 11.9 Å². The smallest absolute Gasteiger partial charge is 0.330 e. The molecule has 0 radical (unpaired) electrons. The predicted octanol–water partition coefficient (Wildman–Crippen LogP) is 5.60. The minimum Gasteiger partial charge on any atom is -0.462 e.